The summed E-state index contributed by atoms with van der Waals surface area (Å²) in [5, 5.41) is 0. The first-order valence-corrected chi connectivity index (χ1v) is 14.0. The normalized spacial score (nSPS) is 13.7. The standard InChI is InChI=1S/C14H32O6P2S2/c1-11(2)17-21(15,18-12(3)4)9-23-24-10-22(16,19-13(5)6)20-14(7)8/h11-14H,9-10H2,1-8H3. The van der Waals surface area contributed by atoms with Crippen molar-refractivity contribution < 1.29 is 27.2 Å². The van der Waals surface area contributed by atoms with E-state index in [0.717, 1.165) is 0 Å². The summed E-state index contributed by atoms with van der Waals surface area (Å²) in [6.45, 7) is 14.5. The van der Waals surface area contributed by atoms with Gasteiger partial charge in [0.05, 0.1) is 24.4 Å². The van der Waals surface area contributed by atoms with Crippen LogP contribution in [-0.2, 0) is 27.2 Å². The number of hydrogen-bond donors (Lipinski definition) is 0. The van der Waals surface area contributed by atoms with Crippen molar-refractivity contribution >= 4 is 36.8 Å². The van der Waals surface area contributed by atoms with Gasteiger partial charge in [-0.05, 0) is 55.4 Å². The molecule has 146 valence electrons. The fourth-order valence-electron chi connectivity index (χ4n) is 1.66. The van der Waals surface area contributed by atoms with E-state index in [9.17, 15) is 9.13 Å². The maximum absolute atomic E-state index is 12.7. The molecule has 0 saturated carbocycles. The second-order valence-electron chi connectivity index (χ2n) is 6.33. The molecule has 0 saturated heterocycles. The maximum atomic E-state index is 12.7. The van der Waals surface area contributed by atoms with Gasteiger partial charge in [-0.25, -0.2) is 0 Å². The summed E-state index contributed by atoms with van der Waals surface area (Å²) in [7, 11) is -3.80. The Kier molecular flexibility index (Phi) is 12.1. The molecule has 0 heterocycles. The van der Waals surface area contributed by atoms with E-state index < -0.39 is 15.2 Å². The Hall–Kier alpha value is 1.00. The summed E-state index contributed by atoms with van der Waals surface area (Å²) >= 11 is 0. The van der Waals surface area contributed by atoms with Gasteiger partial charge in [0.2, 0.25) is 0 Å². The first-order chi connectivity index (χ1) is 10.9. The molecule has 0 aliphatic carbocycles. The van der Waals surface area contributed by atoms with Crippen LogP contribution in [0.4, 0.5) is 0 Å². The van der Waals surface area contributed by atoms with Gasteiger partial charge in [-0.2, -0.15) is 0 Å². The van der Waals surface area contributed by atoms with E-state index in [-0.39, 0.29) is 35.4 Å². The molecule has 10 heteroatoms. The van der Waals surface area contributed by atoms with Crippen molar-refractivity contribution in [3.05, 3.63) is 0 Å². The van der Waals surface area contributed by atoms with E-state index in [4.69, 9.17) is 18.1 Å². The van der Waals surface area contributed by atoms with Crippen molar-refractivity contribution in [1.29, 1.82) is 0 Å². The predicted octanol–water partition coefficient (Wildman–Crippen LogP) is 6.37. The minimum Gasteiger partial charge on any atom is -0.305 e. The van der Waals surface area contributed by atoms with Crippen LogP contribution in [0.5, 0.6) is 0 Å². The fraction of sp³-hybridized carbons (Fsp3) is 1.00. The van der Waals surface area contributed by atoms with Crippen LogP contribution in [-0.4, -0.2) is 35.4 Å². The van der Waals surface area contributed by atoms with Gasteiger partial charge < -0.3 is 18.1 Å². The van der Waals surface area contributed by atoms with Gasteiger partial charge in [-0.15, -0.1) is 0 Å². The molecule has 0 bridgehead atoms. The lowest BCUT2D eigenvalue weighted by Crippen LogP contribution is -2.10. The van der Waals surface area contributed by atoms with Gasteiger partial charge in [0.1, 0.15) is 11.0 Å². The molecule has 0 atom stereocenters. The van der Waals surface area contributed by atoms with E-state index in [0.29, 0.717) is 0 Å². The highest BCUT2D eigenvalue weighted by Crippen LogP contribution is 2.59. The number of hydrogen-bond acceptors (Lipinski definition) is 8. The van der Waals surface area contributed by atoms with Gasteiger partial charge in [-0.3, -0.25) is 9.13 Å². The van der Waals surface area contributed by atoms with Gasteiger partial charge in [-0.1, -0.05) is 21.6 Å². The van der Waals surface area contributed by atoms with E-state index >= 15 is 0 Å². The predicted molar refractivity (Wildman–Crippen MR) is 105 cm³/mol. The summed E-state index contributed by atoms with van der Waals surface area (Å²) < 4.78 is 47.3. The van der Waals surface area contributed by atoms with Crippen molar-refractivity contribution in [2.45, 2.75) is 79.8 Å². The van der Waals surface area contributed by atoms with Crippen LogP contribution in [0, 0.1) is 0 Å². The van der Waals surface area contributed by atoms with Crippen LogP contribution < -0.4 is 0 Å². The zero-order chi connectivity index (χ0) is 19.0. The summed E-state index contributed by atoms with van der Waals surface area (Å²) in [6, 6.07) is 0. The molecule has 0 aliphatic heterocycles. The van der Waals surface area contributed by atoms with Crippen molar-refractivity contribution in [3.63, 3.8) is 0 Å². The second-order valence-corrected chi connectivity index (χ2v) is 13.6. The molecular weight excluding hydrogens is 390 g/mol. The fourth-order valence-corrected chi connectivity index (χ4v) is 10.6. The molecule has 0 aromatic heterocycles. The highest BCUT2D eigenvalue weighted by Gasteiger charge is 2.31. The number of rotatable bonds is 13. The van der Waals surface area contributed by atoms with Crippen molar-refractivity contribution in [2.75, 3.05) is 11.0 Å². The molecule has 0 spiro atoms. The molecule has 0 aliphatic rings. The Morgan fingerprint density at radius 3 is 0.958 bits per heavy atom. The lowest BCUT2D eigenvalue weighted by atomic mass is 10.5. The van der Waals surface area contributed by atoms with E-state index in [1.54, 1.807) is 0 Å². The monoisotopic (exact) mass is 422 g/mol. The topological polar surface area (TPSA) is 71.1 Å². The van der Waals surface area contributed by atoms with Crippen molar-refractivity contribution in [3.8, 4) is 0 Å². The molecule has 0 radical (unpaired) electrons. The first-order valence-electron chi connectivity index (χ1n) is 8.03. The van der Waals surface area contributed by atoms with Crippen LogP contribution in [0.2, 0.25) is 0 Å². The van der Waals surface area contributed by atoms with Crippen LogP contribution in [0.15, 0.2) is 0 Å². The SMILES string of the molecule is CC(C)OP(=O)(CSSCP(=O)(OC(C)C)OC(C)C)OC(C)C. The summed E-state index contributed by atoms with van der Waals surface area (Å²) in [4.78, 5) is 0. The minimum atomic E-state index is -3.20. The first kappa shape index (κ1) is 25.0. The third-order valence-corrected chi connectivity index (χ3v) is 10.9. The summed E-state index contributed by atoms with van der Waals surface area (Å²) in [6.07, 6.45) is -0.778. The molecule has 0 aromatic carbocycles. The second kappa shape index (κ2) is 11.7. The van der Waals surface area contributed by atoms with Crippen LogP contribution in [0.3, 0.4) is 0 Å². The molecule has 0 aromatic rings. The third kappa shape index (κ3) is 12.4. The average molecular weight is 422 g/mol. The smallest absolute Gasteiger partial charge is 0.305 e. The Balaban J connectivity index is 4.62. The minimum absolute atomic E-state index is 0.178. The van der Waals surface area contributed by atoms with Gasteiger partial charge in [0.15, 0.2) is 0 Å². The van der Waals surface area contributed by atoms with Crippen molar-refractivity contribution in [1.82, 2.24) is 0 Å². The van der Waals surface area contributed by atoms with E-state index in [1.165, 1.54) is 21.6 Å². The summed E-state index contributed by atoms with van der Waals surface area (Å²) in [5.74, 6) is 0. The Bertz CT molecular complexity index is 375. The van der Waals surface area contributed by atoms with Gasteiger partial charge >= 0.3 is 15.2 Å². The quantitative estimate of drug-likeness (QED) is 0.193. The lowest BCUT2D eigenvalue weighted by Gasteiger charge is -2.24. The largest absolute Gasteiger partial charge is 0.341 e. The highest BCUT2D eigenvalue weighted by atomic mass is 33.1. The van der Waals surface area contributed by atoms with E-state index in [1.807, 2.05) is 55.4 Å². The summed E-state index contributed by atoms with van der Waals surface area (Å²) in [5.41, 5.74) is 0.356. The Labute approximate surface area is 155 Å². The molecule has 0 N–H and O–H groups in total. The van der Waals surface area contributed by atoms with Crippen LogP contribution >= 0.6 is 36.8 Å². The molecule has 0 amide bonds. The Morgan fingerprint density at radius 1 is 0.583 bits per heavy atom. The molecule has 0 fully saturated rings. The van der Waals surface area contributed by atoms with Crippen LogP contribution in [0.25, 0.3) is 0 Å². The molecular formula is C14H32O6P2S2. The van der Waals surface area contributed by atoms with E-state index in [2.05, 4.69) is 0 Å². The molecule has 0 unspecified atom stereocenters. The van der Waals surface area contributed by atoms with Crippen molar-refractivity contribution in [2.24, 2.45) is 0 Å². The third-order valence-electron chi connectivity index (χ3n) is 1.99. The lowest BCUT2D eigenvalue weighted by molar-refractivity contribution is 0.144. The molecule has 24 heavy (non-hydrogen) atoms. The highest BCUT2D eigenvalue weighted by molar-refractivity contribution is 8.78. The zero-order valence-corrected chi connectivity index (χ0v) is 19.3. The maximum Gasteiger partial charge on any atom is 0.341 e. The zero-order valence-electron chi connectivity index (χ0n) is 15.9. The molecule has 6 nitrogen and oxygen atoms in total. The van der Waals surface area contributed by atoms with Crippen LogP contribution in [0.1, 0.15) is 55.4 Å². The Morgan fingerprint density at radius 2 is 0.792 bits per heavy atom. The van der Waals surface area contributed by atoms with Gasteiger partial charge in [0, 0.05) is 0 Å². The van der Waals surface area contributed by atoms with Gasteiger partial charge in [0.25, 0.3) is 0 Å². The average Bonchev–Trinajstić information content (AvgIpc) is 2.30. The molecule has 0 rings (SSSR count).